The number of nitrogens with zero attached hydrogens (tertiary/aromatic N) is 2. The molecule has 4 heteroatoms. The summed E-state index contributed by atoms with van der Waals surface area (Å²) in [5.74, 6) is 0.526. The van der Waals surface area contributed by atoms with Gasteiger partial charge in [0.15, 0.2) is 0 Å². The van der Waals surface area contributed by atoms with Crippen molar-refractivity contribution in [2.24, 2.45) is 0 Å². The van der Waals surface area contributed by atoms with Crippen molar-refractivity contribution in [3.63, 3.8) is 0 Å². The van der Waals surface area contributed by atoms with Crippen molar-refractivity contribution in [2.45, 2.75) is 51.9 Å². The number of aromatic nitrogens is 2. The maximum atomic E-state index is 12.2. The van der Waals surface area contributed by atoms with Crippen molar-refractivity contribution >= 4 is 11.6 Å². The Kier molecular flexibility index (Phi) is 2.82. The van der Waals surface area contributed by atoms with Gasteiger partial charge < -0.3 is 5.21 Å². The fourth-order valence-corrected chi connectivity index (χ4v) is 2.43. The number of hydrogen-bond acceptors (Lipinski definition) is 2. The van der Waals surface area contributed by atoms with Gasteiger partial charge in [-0.2, -0.15) is 0 Å². The van der Waals surface area contributed by atoms with Gasteiger partial charge in [0.1, 0.15) is 5.69 Å². The quantitative estimate of drug-likeness (QED) is 0.397. The van der Waals surface area contributed by atoms with Gasteiger partial charge in [0.05, 0.1) is 11.0 Å². The molecular weight excluding hydrogens is 224 g/mol. The third kappa shape index (κ3) is 1.88. The number of hydrogen-bond donors (Lipinski definition) is 0. The normalized spacial score (nSPS) is 16.0. The van der Waals surface area contributed by atoms with Crippen LogP contribution in [0, 0.1) is 5.21 Å². The second-order valence-electron chi connectivity index (χ2n) is 5.40. The third-order valence-corrected chi connectivity index (χ3v) is 3.31. The fourth-order valence-electron chi connectivity index (χ4n) is 2.14. The highest BCUT2D eigenvalue weighted by atomic mass is 35.5. The Morgan fingerprint density at radius 1 is 1.25 bits per heavy atom. The van der Waals surface area contributed by atoms with Crippen LogP contribution in [0.15, 0.2) is 0 Å². The number of rotatable bonds is 0. The van der Waals surface area contributed by atoms with Crippen molar-refractivity contribution in [1.82, 2.24) is 4.98 Å². The average molecular weight is 241 g/mol. The molecule has 0 saturated heterocycles. The predicted octanol–water partition coefficient (Wildman–Crippen LogP) is 2.54. The minimum atomic E-state index is -0.266. The first-order valence-corrected chi connectivity index (χ1v) is 6.10. The summed E-state index contributed by atoms with van der Waals surface area (Å²) in [6.45, 7) is 5.94. The van der Waals surface area contributed by atoms with E-state index in [2.05, 4.69) is 4.98 Å². The fraction of sp³-hybridized carbons (Fsp3) is 0.667. The zero-order valence-corrected chi connectivity index (χ0v) is 10.8. The van der Waals surface area contributed by atoms with E-state index in [9.17, 15) is 5.21 Å². The lowest BCUT2D eigenvalue weighted by Gasteiger charge is -2.23. The molecule has 1 aromatic rings. The molecule has 0 spiro atoms. The Bertz CT molecular complexity index is 424. The van der Waals surface area contributed by atoms with E-state index in [-0.39, 0.29) is 5.41 Å². The van der Waals surface area contributed by atoms with Gasteiger partial charge in [0.2, 0.25) is 5.15 Å². The highest BCUT2D eigenvalue weighted by Gasteiger charge is 2.31. The molecule has 0 aromatic carbocycles. The van der Waals surface area contributed by atoms with Gasteiger partial charge in [-0.15, -0.1) is 0 Å². The summed E-state index contributed by atoms with van der Waals surface area (Å²) in [5.41, 5.74) is 1.52. The first-order chi connectivity index (χ1) is 7.41. The molecule has 0 saturated carbocycles. The Morgan fingerprint density at radius 3 is 2.50 bits per heavy atom. The molecule has 0 fully saturated rings. The van der Waals surface area contributed by atoms with E-state index in [0.717, 1.165) is 41.7 Å². The van der Waals surface area contributed by atoms with E-state index in [1.165, 1.54) is 0 Å². The van der Waals surface area contributed by atoms with Crippen LogP contribution in [0.1, 0.15) is 50.7 Å². The minimum absolute atomic E-state index is 0.266. The molecule has 1 heterocycles. The van der Waals surface area contributed by atoms with Crippen molar-refractivity contribution < 1.29 is 4.73 Å². The van der Waals surface area contributed by atoms with Gasteiger partial charge in [-0.3, -0.25) is 0 Å². The Balaban J connectivity index is 2.63. The zero-order chi connectivity index (χ0) is 11.9. The monoisotopic (exact) mass is 240 g/mol. The van der Waals surface area contributed by atoms with E-state index >= 15 is 0 Å². The number of fused-ring (bicyclic) bond motifs is 1. The summed E-state index contributed by atoms with van der Waals surface area (Å²) < 4.78 is 1.00. The van der Waals surface area contributed by atoms with Gasteiger partial charge >= 0.3 is 5.82 Å². The molecule has 0 atom stereocenters. The summed E-state index contributed by atoms with van der Waals surface area (Å²) in [5, 5.41) is 12.7. The lowest BCUT2D eigenvalue weighted by atomic mass is 9.93. The average Bonchev–Trinajstić information content (AvgIpc) is 2.22. The summed E-state index contributed by atoms with van der Waals surface area (Å²) >= 11 is 6.16. The molecule has 1 aliphatic rings. The van der Waals surface area contributed by atoms with Gasteiger partial charge in [0.25, 0.3) is 0 Å². The molecule has 0 unspecified atom stereocenters. The Morgan fingerprint density at radius 2 is 1.88 bits per heavy atom. The first-order valence-electron chi connectivity index (χ1n) is 5.72. The smallest absolute Gasteiger partial charge is 0.308 e. The summed E-state index contributed by atoms with van der Waals surface area (Å²) in [6, 6.07) is 0. The molecule has 16 heavy (non-hydrogen) atoms. The lowest BCUT2D eigenvalue weighted by molar-refractivity contribution is -0.630. The standard InChI is InChI=1S/C12H17ClN2O/c1-12(2,3)11-14-10(13)8-6-4-5-7-9(8)15(11)16/h4-7H2,1-3H3. The van der Waals surface area contributed by atoms with E-state index in [1.807, 2.05) is 20.8 Å². The van der Waals surface area contributed by atoms with Gasteiger partial charge in [-0.25, -0.2) is 4.73 Å². The van der Waals surface area contributed by atoms with Crippen molar-refractivity contribution in [1.29, 1.82) is 0 Å². The molecule has 0 N–H and O–H groups in total. The molecule has 0 aliphatic heterocycles. The molecule has 1 aromatic heterocycles. The van der Waals surface area contributed by atoms with Crippen LogP contribution in [0.3, 0.4) is 0 Å². The lowest BCUT2D eigenvalue weighted by Crippen LogP contribution is -2.45. The predicted molar refractivity (Wildman–Crippen MR) is 63.5 cm³/mol. The van der Waals surface area contributed by atoms with E-state index in [0.29, 0.717) is 11.0 Å². The van der Waals surface area contributed by atoms with Crippen molar-refractivity contribution in [3.05, 3.63) is 27.4 Å². The van der Waals surface area contributed by atoms with Crippen molar-refractivity contribution in [3.8, 4) is 0 Å². The SMILES string of the molecule is CC(C)(C)c1nc(Cl)c2c([n+]1[O-])CCCC2. The zero-order valence-electron chi connectivity index (χ0n) is 10.0. The topological polar surface area (TPSA) is 39.8 Å². The van der Waals surface area contributed by atoms with Crippen LogP contribution >= 0.6 is 11.6 Å². The highest BCUT2D eigenvalue weighted by molar-refractivity contribution is 6.30. The molecule has 0 radical (unpaired) electrons. The van der Waals surface area contributed by atoms with Crippen LogP contribution in [0.5, 0.6) is 0 Å². The summed E-state index contributed by atoms with van der Waals surface area (Å²) in [7, 11) is 0. The van der Waals surface area contributed by atoms with E-state index in [1.54, 1.807) is 0 Å². The highest BCUT2D eigenvalue weighted by Crippen LogP contribution is 2.27. The van der Waals surface area contributed by atoms with Gasteiger partial charge in [-0.1, -0.05) is 0 Å². The molecule has 2 rings (SSSR count). The van der Waals surface area contributed by atoms with Gasteiger partial charge in [0, 0.05) is 6.42 Å². The van der Waals surface area contributed by atoms with Crippen LogP contribution < -0.4 is 4.73 Å². The second kappa shape index (κ2) is 3.88. The van der Waals surface area contributed by atoms with Crippen LogP contribution in [-0.4, -0.2) is 4.98 Å². The molecule has 1 aliphatic carbocycles. The van der Waals surface area contributed by atoms with Crippen LogP contribution in [0.4, 0.5) is 0 Å². The molecular formula is C12H17ClN2O. The minimum Gasteiger partial charge on any atom is -0.711 e. The van der Waals surface area contributed by atoms with E-state index in [4.69, 9.17) is 11.6 Å². The van der Waals surface area contributed by atoms with Gasteiger partial charge in [-0.05, 0) is 56.6 Å². The van der Waals surface area contributed by atoms with Crippen LogP contribution in [0.25, 0.3) is 0 Å². The van der Waals surface area contributed by atoms with Crippen LogP contribution in [-0.2, 0) is 18.3 Å². The largest absolute Gasteiger partial charge is 0.711 e. The third-order valence-electron chi connectivity index (χ3n) is 3.00. The molecule has 88 valence electrons. The maximum absolute atomic E-state index is 12.2. The maximum Gasteiger partial charge on any atom is 0.308 e. The first kappa shape index (κ1) is 11.6. The molecule has 3 nitrogen and oxygen atoms in total. The Labute approximate surface area is 101 Å². The molecule has 0 bridgehead atoms. The summed E-state index contributed by atoms with van der Waals surface area (Å²) in [6.07, 6.45) is 3.88. The van der Waals surface area contributed by atoms with E-state index < -0.39 is 0 Å². The molecule has 0 amide bonds. The summed E-state index contributed by atoms with van der Waals surface area (Å²) in [4.78, 5) is 4.27. The Hall–Kier alpha value is -0.830. The second-order valence-corrected chi connectivity index (χ2v) is 5.76. The number of halogens is 1. The van der Waals surface area contributed by atoms with Crippen molar-refractivity contribution in [2.75, 3.05) is 0 Å². The van der Waals surface area contributed by atoms with Crippen LogP contribution in [0.2, 0.25) is 5.15 Å².